The average Bonchev–Trinajstić information content (AvgIpc) is 2.08. The molecule has 0 heterocycles. The molecule has 0 aliphatic rings. The molecule has 0 radical (unpaired) electrons. The molecule has 0 amide bonds. The summed E-state index contributed by atoms with van der Waals surface area (Å²) < 4.78 is 146. The fourth-order valence-electron chi connectivity index (χ4n) is 0.798. The molecule has 2 nitrogen and oxygen atoms in total. The van der Waals surface area contributed by atoms with Crippen molar-refractivity contribution in [1.82, 2.24) is 4.90 Å². The molecule has 0 aromatic heterocycles. The van der Waals surface area contributed by atoms with Crippen LogP contribution in [0.5, 0.6) is 0 Å². The molecule has 0 spiro atoms. The van der Waals surface area contributed by atoms with E-state index in [1.807, 2.05) is 0 Å². The highest BCUT2D eigenvalue weighted by Crippen LogP contribution is 2.41. The van der Waals surface area contributed by atoms with Gasteiger partial charge in [0, 0.05) is 0 Å². The van der Waals surface area contributed by atoms with Crippen LogP contribution >= 0.6 is 0 Å². The van der Waals surface area contributed by atoms with Crippen LogP contribution in [0.15, 0.2) is 0 Å². The Balaban J connectivity index is 5.20. The first-order valence-electron chi connectivity index (χ1n) is 4.14. The predicted molar refractivity (Wildman–Crippen MR) is 35.8 cm³/mol. The second-order valence-corrected chi connectivity index (χ2v) is 3.11. The molecule has 1 unspecified atom stereocenters. The van der Waals surface area contributed by atoms with Gasteiger partial charge in [0.2, 0.25) is 0 Å². The van der Waals surface area contributed by atoms with Gasteiger partial charge in [-0.15, -0.1) is 0 Å². The second-order valence-electron chi connectivity index (χ2n) is 3.11. The van der Waals surface area contributed by atoms with Crippen molar-refractivity contribution in [2.75, 3.05) is 6.61 Å². The van der Waals surface area contributed by atoms with Crippen LogP contribution in [0.1, 0.15) is 0 Å². The van der Waals surface area contributed by atoms with Crippen LogP contribution in [0.3, 0.4) is 0 Å². The summed E-state index contributed by atoms with van der Waals surface area (Å²) in [5, 5.41) is 0. The van der Waals surface area contributed by atoms with Crippen LogP contribution in [-0.4, -0.2) is 42.7 Å². The van der Waals surface area contributed by atoms with E-state index < -0.39 is 42.7 Å². The normalized spacial score (nSPS) is 16.6. The molecular formula is C6H3F12NO. The van der Waals surface area contributed by atoms with Crippen molar-refractivity contribution in [3.63, 3.8) is 0 Å². The SMILES string of the molecule is FC(N(C(F)(F)F)C(F)(F)F)C(F)(F)OCC(F)(F)F. The van der Waals surface area contributed by atoms with Gasteiger partial charge in [-0.1, -0.05) is 4.90 Å². The van der Waals surface area contributed by atoms with Gasteiger partial charge in [-0.05, 0) is 0 Å². The van der Waals surface area contributed by atoms with E-state index in [-0.39, 0.29) is 0 Å². The minimum absolute atomic E-state index is 2.45. The molecule has 0 saturated carbocycles. The zero-order valence-electron chi connectivity index (χ0n) is 8.68. The molecule has 0 saturated heterocycles. The van der Waals surface area contributed by atoms with Crippen molar-refractivity contribution in [2.45, 2.75) is 31.2 Å². The highest BCUT2D eigenvalue weighted by Gasteiger charge is 2.65. The minimum Gasteiger partial charge on any atom is -0.308 e. The highest BCUT2D eigenvalue weighted by atomic mass is 19.4. The van der Waals surface area contributed by atoms with Crippen LogP contribution < -0.4 is 0 Å². The Bertz CT molecular complexity index is 301. The largest absolute Gasteiger partial charge is 0.469 e. The highest BCUT2D eigenvalue weighted by molar-refractivity contribution is 4.75. The van der Waals surface area contributed by atoms with Gasteiger partial charge in [-0.2, -0.15) is 48.3 Å². The maximum absolute atomic E-state index is 12.7. The summed E-state index contributed by atoms with van der Waals surface area (Å²) >= 11 is 0. The zero-order chi connectivity index (χ0) is 16.6. The van der Waals surface area contributed by atoms with Gasteiger partial charge >= 0.3 is 24.9 Å². The molecule has 0 rings (SSSR count). The lowest BCUT2D eigenvalue weighted by Gasteiger charge is -2.32. The second kappa shape index (κ2) is 5.46. The summed E-state index contributed by atoms with van der Waals surface area (Å²) in [4.78, 5) is -3.21. The Morgan fingerprint density at radius 3 is 1.35 bits per heavy atom. The summed E-state index contributed by atoms with van der Waals surface area (Å²) in [6.45, 7) is -2.94. The molecule has 1 atom stereocenters. The molecule has 0 fully saturated rings. The summed E-state index contributed by atoms with van der Waals surface area (Å²) in [5.41, 5.74) is 0. The Labute approximate surface area is 101 Å². The maximum atomic E-state index is 12.7. The smallest absolute Gasteiger partial charge is 0.308 e. The van der Waals surface area contributed by atoms with Crippen molar-refractivity contribution in [2.24, 2.45) is 0 Å². The van der Waals surface area contributed by atoms with Crippen LogP contribution in [0, 0.1) is 0 Å². The van der Waals surface area contributed by atoms with Crippen LogP contribution in [-0.2, 0) is 4.74 Å². The number of ether oxygens (including phenoxy) is 1. The Hall–Kier alpha value is -0.920. The Morgan fingerprint density at radius 2 is 1.10 bits per heavy atom. The molecule has 122 valence electrons. The quantitative estimate of drug-likeness (QED) is 0.573. The van der Waals surface area contributed by atoms with E-state index in [9.17, 15) is 52.7 Å². The first-order chi connectivity index (χ1) is 8.48. The van der Waals surface area contributed by atoms with Gasteiger partial charge in [-0.3, -0.25) is 0 Å². The molecule has 0 aromatic carbocycles. The predicted octanol–water partition coefficient (Wildman–Crippen LogP) is 3.80. The molecule has 0 aliphatic carbocycles. The van der Waals surface area contributed by atoms with E-state index >= 15 is 0 Å². The number of rotatable bonds is 4. The van der Waals surface area contributed by atoms with Crippen LogP contribution in [0.25, 0.3) is 0 Å². The van der Waals surface area contributed by atoms with Crippen molar-refractivity contribution in [1.29, 1.82) is 0 Å². The average molecular weight is 333 g/mol. The lowest BCUT2D eigenvalue weighted by atomic mass is 10.5. The molecule has 14 heteroatoms. The topological polar surface area (TPSA) is 12.5 Å². The summed E-state index contributed by atoms with van der Waals surface area (Å²) in [5.74, 6) is 0. The summed E-state index contributed by atoms with van der Waals surface area (Å²) in [7, 11) is 0. The maximum Gasteiger partial charge on any atom is 0.469 e. The third kappa shape index (κ3) is 5.60. The lowest BCUT2D eigenvalue weighted by molar-refractivity contribution is -0.440. The lowest BCUT2D eigenvalue weighted by Crippen LogP contribution is -2.59. The monoisotopic (exact) mass is 333 g/mol. The van der Waals surface area contributed by atoms with Crippen molar-refractivity contribution in [3.8, 4) is 0 Å². The summed E-state index contributed by atoms with van der Waals surface area (Å²) in [6, 6.07) is 0. The fourth-order valence-corrected chi connectivity index (χ4v) is 0.798. The molecular weight excluding hydrogens is 330 g/mol. The van der Waals surface area contributed by atoms with Crippen molar-refractivity contribution in [3.05, 3.63) is 0 Å². The Morgan fingerprint density at radius 1 is 0.750 bits per heavy atom. The van der Waals surface area contributed by atoms with Gasteiger partial charge < -0.3 is 4.74 Å². The standard InChI is InChI=1S/C6H3F12NO/c7-2(4(11,12)20-1-3(8,9)10)19(5(13,14)15)6(16,17)18/h2H,1H2. The fraction of sp³-hybridized carbons (Fsp3) is 1.00. The minimum atomic E-state index is -6.65. The van der Waals surface area contributed by atoms with Gasteiger partial charge in [0.15, 0.2) is 0 Å². The van der Waals surface area contributed by atoms with Gasteiger partial charge in [0.25, 0.3) is 6.30 Å². The van der Waals surface area contributed by atoms with Crippen molar-refractivity contribution < 1.29 is 57.4 Å². The zero-order valence-corrected chi connectivity index (χ0v) is 8.68. The molecule has 0 bridgehead atoms. The van der Waals surface area contributed by atoms with Gasteiger partial charge in [0.05, 0.1) is 0 Å². The van der Waals surface area contributed by atoms with E-state index in [4.69, 9.17) is 0 Å². The number of halogens is 12. The molecule has 0 N–H and O–H groups in total. The number of alkyl halides is 12. The van der Waals surface area contributed by atoms with Crippen molar-refractivity contribution >= 4 is 0 Å². The molecule has 0 aliphatic heterocycles. The third-order valence-corrected chi connectivity index (χ3v) is 1.48. The molecule has 20 heavy (non-hydrogen) atoms. The van der Waals surface area contributed by atoms with E-state index in [1.165, 1.54) is 0 Å². The number of nitrogens with zero attached hydrogens (tertiary/aromatic N) is 1. The first kappa shape index (κ1) is 19.1. The van der Waals surface area contributed by atoms with E-state index in [1.54, 1.807) is 0 Å². The van der Waals surface area contributed by atoms with Gasteiger partial charge in [0.1, 0.15) is 6.61 Å². The van der Waals surface area contributed by atoms with Crippen LogP contribution in [0.2, 0.25) is 0 Å². The van der Waals surface area contributed by atoms with Gasteiger partial charge in [-0.25, -0.2) is 4.39 Å². The van der Waals surface area contributed by atoms with E-state index in [0.29, 0.717) is 0 Å². The summed E-state index contributed by atoms with van der Waals surface area (Å²) in [6.07, 6.45) is -30.1. The molecule has 0 aromatic rings. The van der Waals surface area contributed by atoms with E-state index in [0.717, 1.165) is 0 Å². The Kier molecular flexibility index (Phi) is 5.21. The van der Waals surface area contributed by atoms with Crippen LogP contribution in [0.4, 0.5) is 52.7 Å². The number of hydrogen-bond donors (Lipinski definition) is 0. The number of hydrogen-bond acceptors (Lipinski definition) is 2. The van der Waals surface area contributed by atoms with E-state index in [2.05, 4.69) is 4.74 Å². The third-order valence-electron chi connectivity index (χ3n) is 1.48. The first-order valence-corrected chi connectivity index (χ1v) is 4.14.